The summed E-state index contributed by atoms with van der Waals surface area (Å²) in [5.74, 6) is 2.25. The van der Waals surface area contributed by atoms with Crippen molar-refractivity contribution in [3.8, 4) is 0 Å². The SMILES string of the molecule is C[C@H]1SCCN(C(=O)NCCc2cn3c(n2)CCCC3)[C@H]1C. The van der Waals surface area contributed by atoms with Gasteiger partial charge in [-0.05, 0) is 19.8 Å². The Labute approximate surface area is 136 Å². The number of urea groups is 1. The van der Waals surface area contributed by atoms with E-state index < -0.39 is 0 Å². The maximum absolute atomic E-state index is 12.3. The van der Waals surface area contributed by atoms with E-state index in [9.17, 15) is 4.79 Å². The first-order chi connectivity index (χ1) is 10.6. The van der Waals surface area contributed by atoms with E-state index in [0.717, 1.165) is 37.4 Å². The molecule has 2 amide bonds. The van der Waals surface area contributed by atoms with Crippen molar-refractivity contribution in [2.24, 2.45) is 0 Å². The molecule has 1 aromatic heterocycles. The maximum atomic E-state index is 12.3. The standard InChI is InChI=1S/C16H26N4OS/c1-12-13(2)22-10-9-20(12)16(21)17-7-6-14-11-19-8-4-3-5-15(19)18-14/h11-13H,3-10H2,1-2H3,(H,17,21)/t12-,13+/m0/s1. The lowest BCUT2D eigenvalue weighted by molar-refractivity contribution is 0.180. The Balaban J connectivity index is 1.48. The lowest BCUT2D eigenvalue weighted by Gasteiger charge is -2.37. The molecular formula is C16H26N4OS. The minimum atomic E-state index is 0.0728. The number of fused-ring (bicyclic) bond motifs is 1. The van der Waals surface area contributed by atoms with Crippen LogP contribution in [0.5, 0.6) is 0 Å². The second kappa shape index (κ2) is 6.94. The Morgan fingerprint density at radius 1 is 1.41 bits per heavy atom. The molecule has 1 saturated heterocycles. The molecule has 2 atom stereocenters. The number of rotatable bonds is 3. The van der Waals surface area contributed by atoms with E-state index in [1.807, 2.05) is 16.7 Å². The molecule has 22 heavy (non-hydrogen) atoms. The topological polar surface area (TPSA) is 50.2 Å². The van der Waals surface area contributed by atoms with Crippen LogP contribution in [0.4, 0.5) is 4.79 Å². The van der Waals surface area contributed by atoms with Crippen LogP contribution < -0.4 is 5.32 Å². The number of nitrogens with zero attached hydrogens (tertiary/aromatic N) is 3. The summed E-state index contributed by atoms with van der Waals surface area (Å²) in [6, 6.07) is 0.377. The second-order valence-corrected chi connectivity index (χ2v) is 7.78. The molecule has 0 saturated carbocycles. The average Bonchev–Trinajstić information content (AvgIpc) is 2.92. The summed E-state index contributed by atoms with van der Waals surface area (Å²) < 4.78 is 2.27. The number of aromatic nitrogens is 2. The number of imidazole rings is 1. The van der Waals surface area contributed by atoms with E-state index in [2.05, 4.69) is 34.9 Å². The van der Waals surface area contributed by atoms with Crippen LogP contribution in [0, 0.1) is 0 Å². The first-order valence-corrected chi connectivity index (χ1v) is 9.41. The molecule has 3 rings (SSSR count). The minimum Gasteiger partial charge on any atom is -0.338 e. The molecule has 0 spiro atoms. The molecule has 3 heterocycles. The van der Waals surface area contributed by atoms with Crippen molar-refractivity contribution in [2.45, 2.75) is 57.4 Å². The smallest absolute Gasteiger partial charge is 0.317 e. The molecule has 1 N–H and O–H groups in total. The highest BCUT2D eigenvalue weighted by molar-refractivity contribution is 8.00. The first-order valence-electron chi connectivity index (χ1n) is 8.36. The van der Waals surface area contributed by atoms with Gasteiger partial charge in [0.15, 0.2) is 0 Å². The summed E-state index contributed by atoms with van der Waals surface area (Å²) in [5, 5.41) is 3.57. The van der Waals surface area contributed by atoms with Gasteiger partial charge in [0.05, 0.1) is 5.69 Å². The lowest BCUT2D eigenvalue weighted by Crippen LogP contribution is -2.52. The molecule has 0 radical (unpaired) electrons. The van der Waals surface area contributed by atoms with Crippen molar-refractivity contribution >= 4 is 17.8 Å². The summed E-state index contributed by atoms with van der Waals surface area (Å²) >= 11 is 1.95. The third-order valence-corrected chi connectivity index (χ3v) is 6.10. The van der Waals surface area contributed by atoms with Gasteiger partial charge in [0.1, 0.15) is 5.82 Å². The van der Waals surface area contributed by atoms with Gasteiger partial charge in [0.25, 0.3) is 0 Å². The van der Waals surface area contributed by atoms with E-state index in [4.69, 9.17) is 0 Å². The molecule has 0 aromatic carbocycles. The first kappa shape index (κ1) is 15.7. The normalized spacial score (nSPS) is 24.9. The maximum Gasteiger partial charge on any atom is 0.317 e. The zero-order valence-electron chi connectivity index (χ0n) is 13.5. The molecule has 1 aromatic rings. The summed E-state index contributed by atoms with van der Waals surface area (Å²) in [4.78, 5) is 19.0. The summed E-state index contributed by atoms with van der Waals surface area (Å²) in [6.45, 7) is 6.95. The second-order valence-electron chi connectivity index (χ2n) is 6.29. The van der Waals surface area contributed by atoms with E-state index in [-0.39, 0.29) is 6.03 Å². The number of amides is 2. The highest BCUT2D eigenvalue weighted by atomic mass is 32.2. The van der Waals surface area contributed by atoms with Gasteiger partial charge in [-0.1, -0.05) is 6.92 Å². The Kier molecular flexibility index (Phi) is 4.96. The van der Waals surface area contributed by atoms with Crippen LogP contribution in [0.25, 0.3) is 0 Å². The molecule has 6 heteroatoms. The van der Waals surface area contributed by atoms with E-state index in [1.165, 1.54) is 18.7 Å². The van der Waals surface area contributed by atoms with E-state index >= 15 is 0 Å². The van der Waals surface area contributed by atoms with Crippen LogP contribution >= 0.6 is 11.8 Å². The van der Waals surface area contributed by atoms with E-state index in [0.29, 0.717) is 17.8 Å². The zero-order chi connectivity index (χ0) is 15.5. The van der Waals surface area contributed by atoms with Gasteiger partial charge in [-0.2, -0.15) is 11.8 Å². The van der Waals surface area contributed by atoms with Crippen molar-refractivity contribution in [1.82, 2.24) is 19.8 Å². The van der Waals surface area contributed by atoms with Crippen molar-refractivity contribution in [3.05, 3.63) is 17.7 Å². The van der Waals surface area contributed by atoms with Crippen molar-refractivity contribution < 1.29 is 4.79 Å². The molecule has 2 aliphatic heterocycles. The molecular weight excluding hydrogens is 296 g/mol. The number of thioether (sulfide) groups is 1. The minimum absolute atomic E-state index is 0.0728. The Morgan fingerprint density at radius 2 is 2.27 bits per heavy atom. The number of nitrogens with one attached hydrogen (secondary N) is 1. The van der Waals surface area contributed by atoms with Gasteiger partial charge < -0.3 is 14.8 Å². The fourth-order valence-corrected chi connectivity index (χ4v) is 4.31. The van der Waals surface area contributed by atoms with Crippen molar-refractivity contribution in [1.29, 1.82) is 0 Å². The van der Waals surface area contributed by atoms with Gasteiger partial charge in [-0.3, -0.25) is 0 Å². The van der Waals surface area contributed by atoms with Crippen LogP contribution in [0.2, 0.25) is 0 Å². The molecule has 122 valence electrons. The summed E-state index contributed by atoms with van der Waals surface area (Å²) in [7, 11) is 0. The monoisotopic (exact) mass is 322 g/mol. The lowest BCUT2D eigenvalue weighted by atomic mass is 10.2. The fourth-order valence-electron chi connectivity index (χ4n) is 3.21. The van der Waals surface area contributed by atoms with Gasteiger partial charge >= 0.3 is 6.03 Å². The van der Waals surface area contributed by atoms with Crippen molar-refractivity contribution in [2.75, 3.05) is 18.8 Å². The third kappa shape index (κ3) is 3.42. The highest BCUT2D eigenvalue weighted by Crippen LogP contribution is 2.24. The Morgan fingerprint density at radius 3 is 3.09 bits per heavy atom. The number of hydrogen-bond donors (Lipinski definition) is 1. The highest BCUT2D eigenvalue weighted by Gasteiger charge is 2.28. The molecule has 0 bridgehead atoms. The van der Waals surface area contributed by atoms with Crippen molar-refractivity contribution in [3.63, 3.8) is 0 Å². The van der Waals surface area contributed by atoms with E-state index in [1.54, 1.807) is 0 Å². The predicted molar refractivity (Wildman–Crippen MR) is 90.4 cm³/mol. The molecule has 5 nitrogen and oxygen atoms in total. The molecule has 0 unspecified atom stereocenters. The van der Waals surface area contributed by atoms with Crippen LogP contribution in [-0.2, 0) is 19.4 Å². The average molecular weight is 322 g/mol. The Hall–Kier alpha value is -1.17. The number of hydrogen-bond acceptors (Lipinski definition) is 3. The van der Waals surface area contributed by atoms with Crippen LogP contribution in [0.15, 0.2) is 6.20 Å². The quantitative estimate of drug-likeness (QED) is 0.929. The number of aryl methyl sites for hydroxylation is 2. The molecule has 0 aliphatic carbocycles. The fraction of sp³-hybridized carbons (Fsp3) is 0.750. The summed E-state index contributed by atoms with van der Waals surface area (Å²) in [6.07, 6.45) is 6.56. The molecule has 2 aliphatic rings. The third-order valence-electron chi connectivity index (χ3n) is 4.76. The van der Waals surface area contributed by atoms with Gasteiger partial charge in [-0.15, -0.1) is 0 Å². The Bertz CT molecular complexity index is 507. The van der Waals surface area contributed by atoms with Gasteiger partial charge in [-0.25, -0.2) is 9.78 Å². The van der Waals surface area contributed by atoms with Gasteiger partial charge in [0.2, 0.25) is 0 Å². The van der Waals surface area contributed by atoms with Crippen LogP contribution in [0.3, 0.4) is 0 Å². The number of carbonyl (C=O) groups excluding carboxylic acids is 1. The number of carbonyl (C=O) groups is 1. The summed E-state index contributed by atoms with van der Waals surface area (Å²) in [5.41, 5.74) is 1.10. The van der Waals surface area contributed by atoms with Crippen LogP contribution in [-0.4, -0.2) is 50.6 Å². The van der Waals surface area contributed by atoms with Gasteiger partial charge in [0, 0.05) is 55.7 Å². The largest absolute Gasteiger partial charge is 0.338 e. The zero-order valence-corrected chi connectivity index (χ0v) is 14.4. The predicted octanol–water partition coefficient (Wildman–Crippen LogP) is 2.30. The van der Waals surface area contributed by atoms with Crippen LogP contribution in [0.1, 0.15) is 38.2 Å². The molecule has 1 fully saturated rings.